The van der Waals surface area contributed by atoms with Crippen LogP contribution in [0.2, 0.25) is 5.02 Å². The van der Waals surface area contributed by atoms with Gasteiger partial charge in [0, 0.05) is 11.6 Å². The van der Waals surface area contributed by atoms with Crippen molar-refractivity contribution in [3.63, 3.8) is 0 Å². The smallest absolute Gasteiger partial charge is 0.256 e. The molecule has 106 valence electrons. The SMILES string of the molecule is O=C1CN(Cc2ccccc2)C(=O)c2cc(Cl)ccc2N1. The van der Waals surface area contributed by atoms with E-state index in [2.05, 4.69) is 5.32 Å². The molecule has 0 saturated carbocycles. The Bertz CT molecular complexity index is 701. The third-order valence-corrected chi connectivity index (χ3v) is 3.56. The van der Waals surface area contributed by atoms with E-state index in [0.29, 0.717) is 22.8 Å². The monoisotopic (exact) mass is 300 g/mol. The van der Waals surface area contributed by atoms with Crippen molar-refractivity contribution >= 4 is 29.1 Å². The van der Waals surface area contributed by atoms with Crippen LogP contribution in [0.25, 0.3) is 0 Å². The number of halogens is 1. The molecule has 0 fully saturated rings. The third kappa shape index (κ3) is 2.90. The molecule has 2 amide bonds. The molecule has 0 unspecified atom stereocenters. The van der Waals surface area contributed by atoms with Crippen LogP contribution in [0, 0.1) is 0 Å². The fraction of sp³-hybridized carbons (Fsp3) is 0.125. The minimum absolute atomic E-state index is 0.0278. The Hall–Kier alpha value is -2.33. The van der Waals surface area contributed by atoms with E-state index < -0.39 is 0 Å². The summed E-state index contributed by atoms with van der Waals surface area (Å²) in [6.07, 6.45) is 0. The molecule has 2 aromatic carbocycles. The normalized spacial score (nSPS) is 14.4. The van der Waals surface area contributed by atoms with E-state index in [-0.39, 0.29) is 18.4 Å². The summed E-state index contributed by atoms with van der Waals surface area (Å²) >= 11 is 5.96. The number of rotatable bonds is 2. The van der Waals surface area contributed by atoms with Crippen molar-refractivity contribution in [2.45, 2.75) is 6.54 Å². The van der Waals surface area contributed by atoms with Crippen LogP contribution in [-0.2, 0) is 11.3 Å². The maximum Gasteiger partial charge on any atom is 0.256 e. The molecule has 1 N–H and O–H groups in total. The van der Waals surface area contributed by atoms with Crippen LogP contribution in [0.5, 0.6) is 0 Å². The number of hydrogen-bond acceptors (Lipinski definition) is 2. The van der Waals surface area contributed by atoms with Gasteiger partial charge in [0.05, 0.1) is 11.3 Å². The number of hydrogen-bond donors (Lipinski definition) is 1. The highest BCUT2D eigenvalue weighted by atomic mass is 35.5. The zero-order chi connectivity index (χ0) is 14.8. The van der Waals surface area contributed by atoms with Crippen LogP contribution in [0.4, 0.5) is 5.69 Å². The predicted molar refractivity (Wildman–Crippen MR) is 81.3 cm³/mol. The Morgan fingerprint density at radius 3 is 2.62 bits per heavy atom. The van der Waals surface area contributed by atoms with Crippen LogP contribution < -0.4 is 5.32 Å². The molecule has 0 bridgehead atoms. The molecule has 0 spiro atoms. The van der Waals surface area contributed by atoms with E-state index >= 15 is 0 Å². The fourth-order valence-electron chi connectivity index (χ4n) is 2.34. The largest absolute Gasteiger partial charge is 0.325 e. The van der Waals surface area contributed by atoms with Gasteiger partial charge in [0.1, 0.15) is 6.54 Å². The molecule has 5 heteroatoms. The lowest BCUT2D eigenvalue weighted by molar-refractivity contribution is -0.116. The fourth-order valence-corrected chi connectivity index (χ4v) is 2.51. The van der Waals surface area contributed by atoms with Crippen molar-refractivity contribution in [3.05, 3.63) is 64.7 Å². The molecule has 1 aliphatic heterocycles. The molecule has 1 heterocycles. The van der Waals surface area contributed by atoms with Gasteiger partial charge in [-0.2, -0.15) is 0 Å². The first-order valence-corrected chi connectivity index (χ1v) is 6.94. The standard InChI is InChI=1S/C16H13ClN2O2/c17-12-6-7-14-13(8-12)16(21)19(10-15(20)18-14)9-11-4-2-1-3-5-11/h1-8H,9-10H2,(H,18,20). The molecule has 21 heavy (non-hydrogen) atoms. The van der Waals surface area contributed by atoms with Crippen molar-refractivity contribution in [3.8, 4) is 0 Å². The van der Waals surface area contributed by atoms with Gasteiger partial charge >= 0.3 is 0 Å². The van der Waals surface area contributed by atoms with Crippen LogP contribution in [0.15, 0.2) is 48.5 Å². The summed E-state index contributed by atoms with van der Waals surface area (Å²) in [5, 5.41) is 3.21. The summed E-state index contributed by atoms with van der Waals surface area (Å²) in [5.74, 6) is -0.407. The Morgan fingerprint density at radius 2 is 1.86 bits per heavy atom. The Labute approximate surface area is 127 Å². The highest BCUT2D eigenvalue weighted by Gasteiger charge is 2.26. The van der Waals surface area contributed by atoms with Crippen molar-refractivity contribution in [2.75, 3.05) is 11.9 Å². The summed E-state index contributed by atoms with van der Waals surface area (Å²) < 4.78 is 0. The second-order valence-electron chi connectivity index (χ2n) is 4.88. The third-order valence-electron chi connectivity index (χ3n) is 3.32. The average molecular weight is 301 g/mol. The molecule has 0 atom stereocenters. The Morgan fingerprint density at radius 1 is 1.10 bits per heavy atom. The number of nitrogens with zero attached hydrogens (tertiary/aromatic N) is 1. The first kappa shape index (κ1) is 13.6. The van der Waals surface area contributed by atoms with Gasteiger partial charge in [-0.05, 0) is 23.8 Å². The van der Waals surface area contributed by atoms with Gasteiger partial charge < -0.3 is 10.2 Å². The number of nitrogens with one attached hydrogen (secondary N) is 1. The maximum absolute atomic E-state index is 12.6. The Balaban J connectivity index is 1.95. The zero-order valence-electron chi connectivity index (χ0n) is 11.2. The number of carbonyl (C=O) groups excluding carboxylic acids is 2. The molecule has 1 aliphatic rings. The van der Waals surface area contributed by atoms with E-state index in [9.17, 15) is 9.59 Å². The lowest BCUT2D eigenvalue weighted by Crippen LogP contribution is -2.34. The molecular formula is C16H13ClN2O2. The summed E-state index contributed by atoms with van der Waals surface area (Å²) in [5.41, 5.74) is 1.90. The van der Waals surface area contributed by atoms with Crippen LogP contribution in [0.3, 0.4) is 0 Å². The van der Waals surface area contributed by atoms with Crippen molar-refractivity contribution in [1.82, 2.24) is 4.90 Å². The highest BCUT2D eigenvalue weighted by molar-refractivity contribution is 6.31. The summed E-state index contributed by atoms with van der Waals surface area (Å²) in [4.78, 5) is 26.1. The molecule has 3 rings (SSSR count). The van der Waals surface area contributed by atoms with Crippen molar-refractivity contribution < 1.29 is 9.59 Å². The van der Waals surface area contributed by atoms with Gasteiger partial charge in [-0.3, -0.25) is 9.59 Å². The molecular weight excluding hydrogens is 288 g/mol. The van der Waals surface area contributed by atoms with Crippen molar-refractivity contribution in [2.24, 2.45) is 0 Å². The van der Waals surface area contributed by atoms with Gasteiger partial charge in [-0.15, -0.1) is 0 Å². The first-order valence-electron chi connectivity index (χ1n) is 6.56. The maximum atomic E-state index is 12.6. The van der Waals surface area contributed by atoms with Gasteiger partial charge in [-0.1, -0.05) is 41.9 Å². The number of carbonyl (C=O) groups is 2. The molecule has 2 aromatic rings. The van der Waals surface area contributed by atoms with Crippen LogP contribution in [0.1, 0.15) is 15.9 Å². The Kier molecular flexibility index (Phi) is 3.62. The molecule has 4 nitrogen and oxygen atoms in total. The molecule has 0 radical (unpaired) electrons. The predicted octanol–water partition coefficient (Wildman–Crippen LogP) is 2.93. The lowest BCUT2D eigenvalue weighted by Gasteiger charge is -2.19. The quantitative estimate of drug-likeness (QED) is 0.927. The average Bonchev–Trinajstić information content (AvgIpc) is 2.59. The second-order valence-corrected chi connectivity index (χ2v) is 5.32. The minimum atomic E-state index is -0.208. The van der Waals surface area contributed by atoms with Gasteiger partial charge in [0.2, 0.25) is 5.91 Å². The van der Waals surface area contributed by atoms with Crippen LogP contribution >= 0.6 is 11.6 Å². The zero-order valence-corrected chi connectivity index (χ0v) is 11.9. The van der Waals surface area contributed by atoms with E-state index in [4.69, 9.17) is 11.6 Å². The van der Waals surface area contributed by atoms with Gasteiger partial charge in [0.15, 0.2) is 0 Å². The van der Waals surface area contributed by atoms with E-state index in [1.165, 1.54) is 4.90 Å². The number of amides is 2. The molecule has 0 aliphatic carbocycles. The van der Waals surface area contributed by atoms with Crippen LogP contribution in [-0.4, -0.2) is 23.3 Å². The van der Waals surface area contributed by atoms with E-state index in [0.717, 1.165) is 5.56 Å². The van der Waals surface area contributed by atoms with E-state index in [1.807, 2.05) is 30.3 Å². The number of anilines is 1. The van der Waals surface area contributed by atoms with E-state index in [1.54, 1.807) is 18.2 Å². The second kappa shape index (κ2) is 5.58. The summed E-state index contributed by atoms with van der Waals surface area (Å²) in [6, 6.07) is 14.5. The number of fused-ring (bicyclic) bond motifs is 1. The summed E-state index contributed by atoms with van der Waals surface area (Å²) in [6.45, 7) is 0.416. The lowest BCUT2D eigenvalue weighted by atomic mass is 10.1. The minimum Gasteiger partial charge on any atom is -0.325 e. The summed E-state index contributed by atoms with van der Waals surface area (Å²) in [7, 11) is 0. The topological polar surface area (TPSA) is 49.4 Å². The van der Waals surface area contributed by atoms with Gasteiger partial charge in [0.25, 0.3) is 5.91 Å². The van der Waals surface area contributed by atoms with Crippen molar-refractivity contribution in [1.29, 1.82) is 0 Å². The highest BCUT2D eigenvalue weighted by Crippen LogP contribution is 2.25. The number of benzene rings is 2. The first-order chi connectivity index (χ1) is 10.1. The molecule has 0 aromatic heterocycles. The van der Waals surface area contributed by atoms with Gasteiger partial charge in [-0.25, -0.2) is 0 Å². The molecule has 0 saturated heterocycles.